The van der Waals surface area contributed by atoms with Crippen molar-refractivity contribution < 1.29 is 4.39 Å². The number of hydrogen-bond acceptors (Lipinski definition) is 1. The minimum absolute atomic E-state index is 0.188. The lowest BCUT2D eigenvalue weighted by molar-refractivity contribution is 0.619. The number of aromatic nitrogens is 1. The zero-order chi connectivity index (χ0) is 11.0. The number of benzene rings is 1. The maximum absolute atomic E-state index is 13.6. The van der Waals surface area contributed by atoms with Crippen molar-refractivity contribution >= 4 is 10.9 Å². The lowest BCUT2D eigenvalue weighted by Gasteiger charge is -2.08. The molecular formula is C12H15FN2. The molecule has 0 saturated carbocycles. The first kappa shape index (κ1) is 10.2. The molecule has 0 aliphatic rings. The van der Waals surface area contributed by atoms with E-state index in [9.17, 15) is 4.39 Å². The molecule has 0 aliphatic heterocycles. The van der Waals surface area contributed by atoms with Crippen LogP contribution in [0.5, 0.6) is 0 Å². The maximum Gasteiger partial charge on any atom is 0.132 e. The van der Waals surface area contributed by atoms with Crippen LogP contribution in [0.2, 0.25) is 0 Å². The number of nitrogens with zero attached hydrogens (tertiary/aromatic N) is 1. The zero-order valence-electron chi connectivity index (χ0n) is 9.00. The molecule has 80 valence electrons. The van der Waals surface area contributed by atoms with E-state index in [1.54, 1.807) is 6.07 Å². The predicted octanol–water partition coefficient (Wildman–Crippen LogP) is 2.82. The molecule has 1 aromatic heterocycles. The van der Waals surface area contributed by atoms with Crippen LogP contribution >= 0.6 is 0 Å². The van der Waals surface area contributed by atoms with Gasteiger partial charge in [0.25, 0.3) is 0 Å². The van der Waals surface area contributed by atoms with Crippen molar-refractivity contribution in [1.82, 2.24) is 4.57 Å². The van der Waals surface area contributed by atoms with Crippen molar-refractivity contribution in [3.63, 3.8) is 0 Å². The summed E-state index contributed by atoms with van der Waals surface area (Å²) in [5, 5.41) is 0.661. The fraction of sp³-hybridized carbons (Fsp3) is 0.333. The zero-order valence-corrected chi connectivity index (χ0v) is 9.00. The molecule has 0 bridgehead atoms. The van der Waals surface area contributed by atoms with Crippen LogP contribution in [0.15, 0.2) is 24.4 Å². The molecule has 2 rings (SSSR count). The van der Waals surface area contributed by atoms with E-state index in [0.29, 0.717) is 18.0 Å². The Balaban J connectivity index is 2.81. The first-order valence-electron chi connectivity index (χ1n) is 5.13. The summed E-state index contributed by atoms with van der Waals surface area (Å²) in [5.74, 6) is -0.188. The molecule has 0 atom stereocenters. The highest BCUT2D eigenvalue weighted by atomic mass is 19.1. The average molecular weight is 206 g/mol. The summed E-state index contributed by atoms with van der Waals surface area (Å²) in [6, 6.07) is 5.45. The first-order valence-corrected chi connectivity index (χ1v) is 5.13. The Bertz CT molecular complexity index is 486. The highest BCUT2D eigenvalue weighted by molar-refractivity contribution is 5.84. The van der Waals surface area contributed by atoms with Gasteiger partial charge in [0.1, 0.15) is 5.82 Å². The Morgan fingerprint density at radius 2 is 2.13 bits per heavy atom. The summed E-state index contributed by atoms with van der Waals surface area (Å²) >= 11 is 0. The molecule has 1 heterocycles. The van der Waals surface area contributed by atoms with Crippen LogP contribution in [-0.2, 0) is 6.54 Å². The number of fused-ring (bicyclic) bond motifs is 1. The van der Waals surface area contributed by atoms with Crippen LogP contribution in [0, 0.1) is 5.82 Å². The molecule has 15 heavy (non-hydrogen) atoms. The van der Waals surface area contributed by atoms with Crippen LogP contribution in [0.3, 0.4) is 0 Å². The van der Waals surface area contributed by atoms with E-state index in [1.165, 1.54) is 6.07 Å². The molecule has 0 unspecified atom stereocenters. The van der Waals surface area contributed by atoms with Gasteiger partial charge in [0.15, 0.2) is 0 Å². The highest BCUT2D eigenvalue weighted by Gasteiger charge is 2.12. The van der Waals surface area contributed by atoms with Gasteiger partial charge in [-0.2, -0.15) is 0 Å². The quantitative estimate of drug-likeness (QED) is 0.804. The molecule has 2 N–H and O–H groups in total. The molecule has 0 aliphatic carbocycles. The molecular weight excluding hydrogens is 191 g/mol. The van der Waals surface area contributed by atoms with Crippen LogP contribution < -0.4 is 5.73 Å². The summed E-state index contributed by atoms with van der Waals surface area (Å²) < 4.78 is 15.7. The topological polar surface area (TPSA) is 30.9 Å². The average Bonchev–Trinajstić information content (AvgIpc) is 2.58. The van der Waals surface area contributed by atoms with E-state index in [1.807, 2.05) is 12.3 Å². The lowest BCUT2D eigenvalue weighted by atomic mass is 10.1. The van der Waals surface area contributed by atoms with Gasteiger partial charge in [-0.1, -0.05) is 6.07 Å². The van der Waals surface area contributed by atoms with Gasteiger partial charge in [-0.25, -0.2) is 4.39 Å². The first-order chi connectivity index (χ1) is 7.15. The molecule has 1 aromatic carbocycles. The minimum atomic E-state index is -0.188. The monoisotopic (exact) mass is 206 g/mol. The van der Waals surface area contributed by atoms with Gasteiger partial charge in [0.05, 0.1) is 5.52 Å². The second-order valence-electron chi connectivity index (χ2n) is 3.99. The second kappa shape index (κ2) is 3.66. The Labute approximate surface area is 88.5 Å². The van der Waals surface area contributed by atoms with Crippen LogP contribution in [0.25, 0.3) is 10.9 Å². The third kappa shape index (κ3) is 1.53. The lowest BCUT2D eigenvalue weighted by Crippen LogP contribution is -1.98. The summed E-state index contributed by atoms with van der Waals surface area (Å²) in [6.45, 7) is 4.52. The Hall–Kier alpha value is -1.35. The van der Waals surface area contributed by atoms with Gasteiger partial charge in [0.2, 0.25) is 0 Å². The van der Waals surface area contributed by atoms with Gasteiger partial charge < -0.3 is 10.3 Å². The van der Waals surface area contributed by atoms with E-state index < -0.39 is 0 Å². The number of halogens is 1. The number of rotatable bonds is 2. The van der Waals surface area contributed by atoms with E-state index in [4.69, 9.17) is 5.73 Å². The van der Waals surface area contributed by atoms with Gasteiger partial charge in [-0.05, 0) is 31.5 Å². The Kier molecular flexibility index (Phi) is 2.49. The van der Waals surface area contributed by atoms with E-state index in [0.717, 1.165) is 11.1 Å². The van der Waals surface area contributed by atoms with Crippen molar-refractivity contribution in [2.24, 2.45) is 5.73 Å². The molecule has 0 radical (unpaired) electrons. The number of hydrogen-bond donors (Lipinski definition) is 1. The van der Waals surface area contributed by atoms with Crippen molar-refractivity contribution in [2.75, 3.05) is 0 Å². The SMILES string of the molecule is CC(C)n1cc(CN)c2c(F)cccc21. The summed E-state index contributed by atoms with van der Waals surface area (Å²) in [4.78, 5) is 0. The standard InChI is InChI=1S/C12H15FN2/c1-8(2)15-7-9(6-14)12-10(13)4-3-5-11(12)15/h3-5,7-8H,6,14H2,1-2H3. The van der Waals surface area contributed by atoms with Crippen molar-refractivity contribution in [1.29, 1.82) is 0 Å². The van der Waals surface area contributed by atoms with Gasteiger partial charge in [-0.15, -0.1) is 0 Å². The third-order valence-electron chi connectivity index (χ3n) is 2.66. The summed E-state index contributed by atoms with van der Waals surface area (Å²) in [6.07, 6.45) is 1.94. The molecule has 0 fully saturated rings. The molecule has 0 spiro atoms. The van der Waals surface area contributed by atoms with Crippen molar-refractivity contribution in [3.8, 4) is 0 Å². The molecule has 0 saturated heterocycles. The fourth-order valence-corrected chi connectivity index (χ4v) is 1.93. The van der Waals surface area contributed by atoms with Crippen LogP contribution in [-0.4, -0.2) is 4.57 Å². The normalized spacial score (nSPS) is 11.5. The van der Waals surface area contributed by atoms with Gasteiger partial charge in [-0.3, -0.25) is 0 Å². The second-order valence-corrected chi connectivity index (χ2v) is 3.99. The predicted molar refractivity (Wildman–Crippen MR) is 60.2 cm³/mol. The summed E-state index contributed by atoms with van der Waals surface area (Å²) in [5.41, 5.74) is 7.41. The van der Waals surface area contributed by atoms with Crippen LogP contribution in [0.1, 0.15) is 25.5 Å². The molecule has 3 heteroatoms. The van der Waals surface area contributed by atoms with E-state index in [-0.39, 0.29) is 5.82 Å². The summed E-state index contributed by atoms with van der Waals surface area (Å²) in [7, 11) is 0. The maximum atomic E-state index is 13.6. The van der Waals surface area contributed by atoms with Crippen LogP contribution in [0.4, 0.5) is 4.39 Å². The van der Waals surface area contributed by atoms with E-state index in [2.05, 4.69) is 18.4 Å². The fourth-order valence-electron chi connectivity index (χ4n) is 1.93. The Morgan fingerprint density at radius 3 is 2.73 bits per heavy atom. The van der Waals surface area contributed by atoms with E-state index >= 15 is 0 Å². The molecule has 2 nitrogen and oxygen atoms in total. The largest absolute Gasteiger partial charge is 0.345 e. The highest BCUT2D eigenvalue weighted by Crippen LogP contribution is 2.26. The van der Waals surface area contributed by atoms with Gasteiger partial charge >= 0.3 is 0 Å². The molecule has 0 amide bonds. The number of nitrogens with two attached hydrogens (primary N) is 1. The minimum Gasteiger partial charge on any atom is -0.345 e. The smallest absolute Gasteiger partial charge is 0.132 e. The van der Waals surface area contributed by atoms with Gasteiger partial charge in [0, 0.05) is 24.2 Å². The van der Waals surface area contributed by atoms with Crippen molar-refractivity contribution in [3.05, 3.63) is 35.8 Å². The molecule has 2 aromatic rings. The Morgan fingerprint density at radius 1 is 1.40 bits per heavy atom. The third-order valence-corrected chi connectivity index (χ3v) is 2.66. The van der Waals surface area contributed by atoms with Crippen molar-refractivity contribution in [2.45, 2.75) is 26.4 Å².